The highest BCUT2D eigenvalue weighted by molar-refractivity contribution is 5.76. The lowest BCUT2D eigenvalue weighted by molar-refractivity contribution is -0.120. The first-order valence-corrected chi connectivity index (χ1v) is 6.56. The van der Waals surface area contributed by atoms with Gasteiger partial charge in [0.15, 0.2) is 0 Å². The molecular weight excluding hydrogens is 274 g/mol. The Kier molecular flexibility index (Phi) is 4.96. The van der Waals surface area contributed by atoms with E-state index < -0.39 is 0 Å². The van der Waals surface area contributed by atoms with Gasteiger partial charge in [-0.05, 0) is 6.42 Å². The van der Waals surface area contributed by atoms with Crippen molar-refractivity contribution in [1.82, 2.24) is 35.0 Å². The molecule has 0 fully saturated rings. The standard InChI is InChI=1S/C11H17N9O/c1-2-4-14-8(21)3-5-15-10-17-9(12)18-11(19-10)20-7-13-6-16-20/h6-7H,2-5H2,1H3,(H,14,21)(H3,12,15,17,18,19). The van der Waals surface area contributed by atoms with Gasteiger partial charge in [0.1, 0.15) is 12.7 Å². The molecule has 2 aromatic rings. The van der Waals surface area contributed by atoms with Gasteiger partial charge in [0.25, 0.3) is 5.95 Å². The molecule has 0 aliphatic carbocycles. The maximum atomic E-state index is 11.5. The van der Waals surface area contributed by atoms with Crippen molar-refractivity contribution < 1.29 is 4.79 Å². The highest BCUT2D eigenvalue weighted by Gasteiger charge is 2.07. The van der Waals surface area contributed by atoms with Crippen LogP contribution >= 0.6 is 0 Å². The topological polar surface area (TPSA) is 137 Å². The molecule has 10 nitrogen and oxygen atoms in total. The molecule has 2 rings (SSSR count). The molecule has 1 amide bonds. The van der Waals surface area contributed by atoms with Gasteiger partial charge in [0.05, 0.1) is 0 Å². The van der Waals surface area contributed by atoms with Crippen LogP contribution in [0.1, 0.15) is 19.8 Å². The molecule has 4 N–H and O–H groups in total. The van der Waals surface area contributed by atoms with Crippen molar-refractivity contribution in [2.24, 2.45) is 0 Å². The Morgan fingerprint density at radius 2 is 2.19 bits per heavy atom. The van der Waals surface area contributed by atoms with E-state index in [0.29, 0.717) is 19.5 Å². The van der Waals surface area contributed by atoms with Gasteiger partial charge in [-0.15, -0.1) is 0 Å². The zero-order chi connectivity index (χ0) is 15.1. The Balaban J connectivity index is 1.93. The van der Waals surface area contributed by atoms with Gasteiger partial charge in [0, 0.05) is 19.5 Å². The molecule has 21 heavy (non-hydrogen) atoms. The summed E-state index contributed by atoms with van der Waals surface area (Å²) in [6.07, 6.45) is 4.05. The van der Waals surface area contributed by atoms with E-state index in [-0.39, 0.29) is 23.8 Å². The Labute approximate surface area is 121 Å². The number of aromatic nitrogens is 6. The number of anilines is 2. The summed E-state index contributed by atoms with van der Waals surface area (Å²) in [6, 6.07) is 0. The summed E-state index contributed by atoms with van der Waals surface area (Å²) in [5, 5.41) is 9.63. The zero-order valence-corrected chi connectivity index (χ0v) is 11.7. The first kappa shape index (κ1) is 14.6. The van der Waals surface area contributed by atoms with Crippen molar-refractivity contribution in [3.63, 3.8) is 0 Å². The number of hydrogen-bond acceptors (Lipinski definition) is 8. The van der Waals surface area contributed by atoms with E-state index in [0.717, 1.165) is 6.42 Å². The lowest BCUT2D eigenvalue weighted by atomic mass is 10.4. The molecule has 0 saturated heterocycles. The maximum absolute atomic E-state index is 11.5. The van der Waals surface area contributed by atoms with Gasteiger partial charge in [-0.3, -0.25) is 4.79 Å². The van der Waals surface area contributed by atoms with Gasteiger partial charge in [0.2, 0.25) is 17.8 Å². The molecule has 2 aromatic heterocycles. The maximum Gasteiger partial charge on any atom is 0.258 e. The van der Waals surface area contributed by atoms with Gasteiger partial charge in [-0.1, -0.05) is 6.92 Å². The molecule has 112 valence electrons. The van der Waals surface area contributed by atoms with Gasteiger partial charge < -0.3 is 16.4 Å². The van der Waals surface area contributed by atoms with E-state index in [4.69, 9.17) is 5.73 Å². The Bertz CT molecular complexity index is 583. The number of nitrogens with two attached hydrogens (primary N) is 1. The molecule has 0 saturated carbocycles. The van der Waals surface area contributed by atoms with Crippen LogP contribution in [0, 0.1) is 0 Å². The van der Waals surface area contributed by atoms with Crippen LogP contribution in [0.3, 0.4) is 0 Å². The van der Waals surface area contributed by atoms with Crippen molar-refractivity contribution in [3.05, 3.63) is 12.7 Å². The van der Waals surface area contributed by atoms with E-state index in [2.05, 4.69) is 35.7 Å². The molecule has 0 radical (unpaired) electrons. The fourth-order valence-electron chi connectivity index (χ4n) is 1.51. The number of carbonyl (C=O) groups is 1. The molecule has 0 unspecified atom stereocenters. The molecule has 0 atom stereocenters. The molecule has 0 aromatic carbocycles. The average molecular weight is 291 g/mol. The minimum Gasteiger partial charge on any atom is -0.368 e. The molecule has 0 spiro atoms. The second-order valence-electron chi connectivity index (χ2n) is 4.18. The lowest BCUT2D eigenvalue weighted by Gasteiger charge is -2.07. The van der Waals surface area contributed by atoms with Gasteiger partial charge >= 0.3 is 0 Å². The number of carbonyl (C=O) groups excluding carboxylic acids is 1. The van der Waals surface area contributed by atoms with E-state index in [1.807, 2.05) is 6.92 Å². The first-order chi connectivity index (χ1) is 10.2. The molecule has 0 aliphatic heterocycles. The van der Waals surface area contributed by atoms with Crippen LogP contribution in [0.2, 0.25) is 0 Å². The molecule has 10 heteroatoms. The number of amides is 1. The van der Waals surface area contributed by atoms with E-state index in [1.165, 1.54) is 17.3 Å². The lowest BCUT2D eigenvalue weighted by Crippen LogP contribution is -2.26. The van der Waals surface area contributed by atoms with Crippen LogP contribution in [0.15, 0.2) is 12.7 Å². The quantitative estimate of drug-likeness (QED) is 0.613. The monoisotopic (exact) mass is 291 g/mol. The van der Waals surface area contributed by atoms with Gasteiger partial charge in [-0.25, -0.2) is 4.98 Å². The van der Waals surface area contributed by atoms with Crippen LogP contribution in [0.25, 0.3) is 5.95 Å². The van der Waals surface area contributed by atoms with E-state index in [1.54, 1.807) is 0 Å². The summed E-state index contributed by atoms with van der Waals surface area (Å²) in [5.74, 6) is 0.588. The third-order valence-electron chi connectivity index (χ3n) is 2.47. The molecule has 0 bridgehead atoms. The summed E-state index contributed by atoms with van der Waals surface area (Å²) >= 11 is 0. The van der Waals surface area contributed by atoms with Crippen LogP contribution < -0.4 is 16.4 Å². The van der Waals surface area contributed by atoms with Crippen molar-refractivity contribution >= 4 is 17.8 Å². The summed E-state index contributed by atoms with van der Waals surface area (Å²) in [6.45, 7) is 3.07. The van der Waals surface area contributed by atoms with Crippen molar-refractivity contribution in [3.8, 4) is 5.95 Å². The minimum absolute atomic E-state index is 0.0251. The minimum atomic E-state index is -0.0251. The van der Waals surface area contributed by atoms with E-state index >= 15 is 0 Å². The fraction of sp³-hybridized carbons (Fsp3) is 0.455. The molecule has 2 heterocycles. The van der Waals surface area contributed by atoms with Crippen LogP contribution in [0.5, 0.6) is 0 Å². The smallest absolute Gasteiger partial charge is 0.258 e. The van der Waals surface area contributed by atoms with Crippen LogP contribution in [0.4, 0.5) is 11.9 Å². The number of rotatable bonds is 7. The van der Waals surface area contributed by atoms with E-state index in [9.17, 15) is 4.79 Å². The highest BCUT2D eigenvalue weighted by atomic mass is 16.1. The number of hydrogen-bond donors (Lipinski definition) is 3. The fourth-order valence-corrected chi connectivity index (χ4v) is 1.51. The number of nitrogens with zero attached hydrogens (tertiary/aromatic N) is 6. The van der Waals surface area contributed by atoms with Crippen molar-refractivity contribution in [2.45, 2.75) is 19.8 Å². The van der Waals surface area contributed by atoms with Gasteiger partial charge in [-0.2, -0.15) is 24.7 Å². The Morgan fingerprint density at radius 3 is 2.90 bits per heavy atom. The second-order valence-corrected chi connectivity index (χ2v) is 4.18. The van der Waals surface area contributed by atoms with Crippen molar-refractivity contribution in [1.29, 1.82) is 0 Å². The summed E-state index contributed by atoms with van der Waals surface area (Å²) in [5.41, 5.74) is 5.62. The largest absolute Gasteiger partial charge is 0.368 e. The van der Waals surface area contributed by atoms with Crippen LogP contribution in [-0.2, 0) is 4.79 Å². The third kappa shape index (κ3) is 4.37. The summed E-state index contributed by atoms with van der Waals surface area (Å²) in [4.78, 5) is 27.3. The summed E-state index contributed by atoms with van der Waals surface area (Å²) < 4.78 is 1.37. The summed E-state index contributed by atoms with van der Waals surface area (Å²) in [7, 11) is 0. The normalized spacial score (nSPS) is 10.3. The van der Waals surface area contributed by atoms with Crippen molar-refractivity contribution in [2.75, 3.05) is 24.1 Å². The molecular formula is C11H17N9O. The van der Waals surface area contributed by atoms with Crippen LogP contribution in [-0.4, -0.2) is 48.7 Å². The highest BCUT2D eigenvalue weighted by Crippen LogP contribution is 2.05. The second kappa shape index (κ2) is 7.12. The zero-order valence-electron chi connectivity index (χ0n) is 11.7. The first-order valence-electron chi connectivity index (χ1n) is 6.56. The third-order valence-corrected chi connectivity index (χ3v) is 2.47. The predicted molar refractivity (Wildman–Crippen MR) is 75.6 cm³/mol. The predicted octanol–water partition coefficient (Wildman–Crippen LogP) is -0.637. The average Bonchev–Trinajstić information content (AvgIpc) is 2.99. The Hall–Kier alpha value is -2.78. The number of nitrogens with one attached hydrogen (secondary N) is 2. The Morgan fingerprint density at radius 1 is 1.33 bits per heavy atom. The SMILES string of the molecule is CCCNC(=O)CCNc1nc(N)nc(-n2cncn2)n1. The molecule has 0 aliphatic rings. The number of nitrogen functional groups attached to an aromatic ring is 1.